The van der Waals surface area contributed by atoms with Gasteiger partial charge in [-0.3, -0.25) is 19.0 Å². The summed E-state index contributed by atoms with van der Waals surface area (Å²) >= 11 is 1.13. The Morgan fingerprint density at radius 2 is 1.91 bits per heavy atom. The summed E-state index contributed by atoms with van der Waals surface area (Å²) in [5.74, 6) is -0.319. The van der Waals surface area contributed by atoms with Crippen LogP contribution in [-0.2, 0) is 22.5 Å². The number of nitrogens with one attached hydrogen (secondary N) is 1. The third-order valence-corrected chi connectivity index (χ3v) is 7.06. The lowest BCUT2D eigenvalue weighted by molar-refractivity contribution is -0.116. The van der Waals surface area contributed by atoms with Crippen molar-refractivity contribution in [3.63, 3.8) is 0 Å². The quantitative estimate of drug-likeness (QED) is 0.399. The van der Waals surface area contributed by atoms with Gasteiger partial charge >= 0.3 is 5.97 Å². The van der Waals surface area contributed by atoms with E-state index in [4.69, 9.17) is 4.74 Å². The number of fused-ring (bicyclic) bond motifs is 2. The predicted octanol–water partition coefficient (Wildman–Crippen LogP) is 4.27. The number of nitrogens with zero attached hydrogens (tertiary/aromatic N) is 2. The Labute approximate surface area is 201 Å². The number of ether oxygens (including phenoxy) is 1. The number of carbonyl (C=O) groups is 3. The van der Waals surface area contributed by atoms with E-state index < -0.39 is 12.6 Å². The van der Waals surface area contributed by atoms with Gasteiger partial charge in [-0.15, -0.1) is 11.3 Å². The van der Waals surface area contributed by atoms with Crippen LogP contribution in [0.4, 0.5) is 5.69 Å². The molecule has 34 heavy (non-hydrogen) atoms. The minimum Gasteiger partial charge on any atom is -0.453 e. The van der Waals surface area contributed by atoms with Crippen LogP contribution in [0.2, 0.25) is 0 Å². The lowest BCUT2D eigenvalue weighted by atomic mass is 10.1. The molecule has 1 N–H and O–H groups in total. The minimum atomic E-state index is -0.642. The molecule has 3 aromatic rings. The number of hydrogen-bond donors (Lipinski definition) is 1. The Hall–Kier alpha value is -3.33. The van der Waals surface area contributed by atoms with Gasteiger partial charge in [0.15, 0.2) is 12.4 Å². The zero-order valence-electron chi connectivity index (χ0n) is 19.3. The number of ketones is 1. The van der Waals surface area contributed by atoms with Gasteiger partial charge in [0.2, 0.25) is 5.91 Å². The number of esters is 1. The van der Waals surface area contributed by atoms with Crippen molar-refractivity contribution in [2.75, 3.05) is 11.9 Å². The molecular weight excluding hydrogens is 454 g/mol. The van der Waals surface area contributed by atoms with Gasteiger partial charge in [0.25, 0.3) is 5.56 Å². The predicted molar refractivity (Wildman–Crippen MR) is 131 cm³/mol. The standard InChI is InChI=1S/C25H27N3O5S/c1-3-7-20(30)26-17-11-9-16(10-12-17)18(29)14-33-25(32)22-15(2)21-23(34-22)27-19-8-5-4-6-13-28(19)24(21)31/h9-12H,3-8,13-14H2,1-2H3,(H,26,30). The van der Waals surface area contributed by atoms with E-state index in [1.165, 1.54) is 0 Å². The lowest BCUT2D eigenvalue weighted by Crippen LogP contribution is -2.24. The van der Waals surface area contributed by atoms with Crippen LogP contribution in [0.25, 0.3) is 10.2 Å². The van der Waals surface area contributed by atoms with Gasteiger partial charge < -0.3 is 10.1 Å². The fourth-order valence-corrected chi connectivity index (χ4v) is 5.16. The molecule has 9 heteroatoms. The lowest BCUT2D eigenvalue weighted by Gasteiger charge is -2.08. The number of carbonyl (C=O) groups excluding carboxylic acids is 3. The van der Waals surface area contributed by atoms with Crippen LogP contribution in [-0.4, -0.2) is 33.8 Å². The van der Waals surface area contributed by atoms with E-state index in [1.807, 2.05) is 6.92 Å². The highest BCUT2D eigenvalue weighted by atomic mass is 32.1. The topological polar surface area (TPSA) is 107 Å². The number of anilines is 1. The van der Waals surface area contributed by atoms with Crippen LogP contribution < -0.4 is 10.9 Å². The van der Waals surface area contributed by atoms with E-state index in [9.17, 15) is 19.2 Å². The molecule has 4 rings (SSSR count). The maximum atomic E-state index is 13.1. The SMILES string of the molecule is CCCC(=O)Nc1ccc(C(=O)COC(=O)c2sc3nc4n(c(=O)c3c2C)CCCCC4)cc1. The summed E-state index contributed by atoms with van der Waals surface area (Å²) in [5.41, 5.74) is 1.40. The Morgan fingerprint density at radius 3 is 2.65 bits per heavy atom. The van der Waals surface area contributed by atoms with Crippen LogP contribution in [0.3, 0.4) is 0 Å². The Kier molecular flexibility index (Phi) is 7.21. The maximum Gasteiger partial charge on any atom is 0.349 e. The van der Waals surface area contributed by atoms with Crippen LogP contribution >= 0.6 is 11.3 Å². The first-order valence-electron chi connectivity index (χ1n) is 11.5. The average molecular weight is 482 g/mol. The molecule has 0 bridgehead atoms. The number of hydrogen-bond acceptors (Lipinski definition) is 7. The summed E-state index contributed by atoms with van der Waals surface area (Å²) in [7, 11) is 0. The van der Waals surface area contributed by atoms with E-state index in [-0.39, 0.29) is 17.2 Å². The van der Waals surface area contributed by atoms with Gasteiger partial charge in [-0.2, -0.15) is 0 Å². The summed E-state index contributed by atoms with van der Waals surface area (Å²) in [6.45, 7) is 3.86. The third-order valence-electron chi connectivity index (χ3n) is 5.90. The van der Waals surface area contributed by atoms with E-state index in [0.29, 0.717) is 44.9 Å². The molecule has 2 aromatic heterocycles. The van der Waals surface area contributed by atoms with Crippen molar-refractivity contribution in [1.82, 2.24) is 9.55 Å². The van der Waals surface area contributed by atoms with Gasteiger partial charge in [0.05, 0.1) is 5.39 Å². The van der Waals surface area contributed by atoms with E-state index in [1.54, 1.807) is 35.8 Å². The van der Waals surface area contributed by atoms with Gasteiger partial charge in [0.1, 0.15) is 15.5 Å². The normalized spacial score (nSPS) is 13.2. The van der Waals surface area contributed by atoms with Crippen molar-refractivity contribution in [1.29, 1.82) is 0 Å². The molecule has 3 heterocycles. The van der Waals surface area contributed by atoms with Crippen molar-refractivity contribution in [2.24, 2.45) is 0 Å². The minimum absolute atomic E-state index is 0.0836. The smallest absolute Gasteiger partial charge is 0.349 e. The fourth-order valence-electron chi connectivity index (χ4n) is 4.07. The van der Waals surface area contributed by atoms with Gasteiger partial charge in [-0.25, -0.2) is 9.78 Å². The summed E-state index contributed by atoms with van der Waals surface area (Å²) in [6, 6.07) is 6.45. The molecule has 0 saturated carbocycles. The second-order valence-electron chi connectivity index (χ2n) is 8.41. The molecule has 1 aromatic carbocycles. The molecule has 178 valence electrons. The van der Waals surface area contributed by atoms with E-state index >= 15 is 0 Å². The molecular formula is C25H27N3O5S. The Bertz CT molecular complexity index is 1310. The van der Waals surface area contributed by atoms with E-state index in [0.717, 1.165) is 49.3 Å². The zero-order chi connectivity index (χ0) is 24.2. The number of Topliss-reactive ketones (excluding diaryl/α,β-unsaturated/α-hetero) is 1. The molecule has 1 aliphatic heterocycles. The second kappa shape index (κ2) is 10.3. The molecule has 8 nitrogen and oxygen atoms in total. The number of aryl methyl sites for hydroxylation is 2. The summed E-state index contributed by atoms with van der Waals surface area (Å²) in [4.78, 5) is 55.5. The van der Waals surface area contributed by atoms with Crippen molar-refractivity contribution < 1.29 is 19.1 Å². The molecule has 0 saturated heterocycles. The Morgan fingerprint density at radius 1 is 1.15 bits per heavy atom. The molecule has 0 radical (unpaired) electrons. The molecule has 0 unspecified atom stereocenters. The number of amides is 1. The first-order valence-corrected chi connectivity index (χ1v) is 12.3. The van der Waals surface area contributed by atoms with Crippen molar-refractivity contribution >= 4 is 44.9 Å². The Balaban J connectivity index is 1.45. The van der Waals surface area contributed by atoms with Gasteiger partial charge in [-0.1, -0.05) is 13.3 Å². The first-order chi connectivity index (χ1) is 16.4. The molecule has 0 atom stereocenters. The van der Waals surface area contributed by atoms with Crippen LogP contribution in [0.5, 0.6) is 0 Å². The molecule has 0 spiro atoms. The highest BCUT2D eigenvalue weighted by molar-refractivity contribution is 7.20. The van der Waals surface area contributed by atoms with Crippen molar-refractivity contribution in [3.8, 4) is 0 Å². The maximum absolute atomic E-state index is 13.1. The average Bonchev–Trinajstić information content (AvgIpc) is 2.98. The molecule has 0 fully saturated rings. The monoisotopic (exact) mass is 481 g/mol. The van der Waals surface area contributed by atoms with Crippen LogP contribution in [0, 0.1) is 6.92 Å². The van der Waals surface area contributed by atoms with Crippen molar-refractivity contribution in [3.05, 3.63) is 56.4 Å². The number of benzene rings is 1. The van der Waals surface area contributed by atoms with Crippen LogP contribution in [0.15, 0.2) is 29.1 Å². The third kappa shape index (κ3) is 4.94. The highest BCUT2D eigenvalue weighted by Crippen LogP contribution is 2.29. The largest absolute Gasteiger partial charge is 0.453 e. The molecule has 1 amide bonds. The number of thiophene rings is 1. The summed E-state index contributed by atoms with van der Waals surface area (Å²) in [5, 5.41) is 3.21. The molecule has 1 aliphatic rings. The summed E-state index contributed by atoms with van der Waals surface area (Å²) in [6.07, 6.45) is 4.92. The van der Waals surface area contributed by atoms with Gasteiger partial charge in [0, 0.05) is 30.6 Å². The number of aromatic nitrogens is 2. The van der Waals surface area contributed by atoms with Crippen LogP contribution in [0.1, 0.15) is 70.4 Å². The van der Waals surface area contributed by atoms with Crippen molar-refractivity contribution in [2.45, 2.75) is 58.9 Å². The fraction of sp³-hybridized carbons (Fsp3) is 0.400. The highest BCUT2D eigenvalue weighted by Gasteiger charge is 2.23. The zero-order valence-corrected chi connectivity index (χ0v) is 20.1. The van der Waals surface area contributed by atoms with Gasteiger partial charge in [-0.05, 0) is 56.0 Å². The first kappa shape index (κ1) is 23.8. The van der Waals surface area contributed by atoms with E-state index in [2.05, 4.69) is 10.3 Å². The summed E-state index contributed by atoms with van der Waals surface area (Å²) < 4.78 is 7.01. The second-order valence-corrected chi connectivity index (χ2v) is 9.41. The molecule has 0 aliphatic carbocycles. The number of rotatable bonds is 7.